The number of ketones is 1. The van der Waals surface area contributed by atoms with Gasteiger partial charge in [-0.1, -0.05) is 61.0 Å². The third kappa shape index (κ3) is 9.07. The summed E-state index contributed by atoms with van der Waals surface area (Å²) in [4.78, 5) is 12.6. The first-order valence-electron chi connectivity index (χ1n) is 11.1. The molecule has 1 saturated carbocycles. The van der Waals surface area contributed by atoms with Gasteiger partial charge in [-0.15, -0.1) is 23.2 Å². The van der Waals surface area contributed by atoms with E-state index in [4.69, 9.17) is 32.1 Å². The van der Waals surface area contributed by atoms with Crippen molar-refractivity contribution in [1.29, 1.82) is 0 Å². The Bertz CT molecular complexity index is 534. The third-order valence-corrected chi connectivity index (χ3v) is 15.7. The van der Waals surface area contributed by atoms with E-state index in [2.05, 4.69) is 80.7 Å². The summed E-state index contributed by atoms with van der Waals surface area (Å²) in [6, 6.07) is 0. The molecule has 0 N–H and O–H groups in total. The quantitative estimate of drug-likeness (QED) is 0.210. The minimum atomic E-state index is -1.97. The molecule has 0 bridgehead atoms. The van der Waals surface area contributed by atoms with Crippen LogP contribution in [0.15, 0.2) is 11.6 Å². The number of carbonyl (C=O) groups excluding carboxylic acids is 1. The van der Waals surface area contributed by atoms with E-state index in [0.717, 1.165) is 12.8 Å². The van der Waals surface area contributed by atoms with Crippen molar-refractivity contribution < 1.29 is 13.6 Å². The Labute approximate surface area is 198 Å². The molecule has 0 spiro atoms. The van der Waals surface area contributed by atoms with Crippen LogP contribution < -0.4 is 0 Å². The van der Waals surface area contributed by atoms with Crippen molar-refractivity contribution in [1.82, 2.24) is 0 Å². The molecule has 0 aromatic heterocycles. The van der Waals surface area contributed by atoms with Crippen LogP contribution in [0, 0.1) is 0 Å². The van der Waals surface area contributed by atoms with Gasteiger partial charge in [-0.3, -0.25) is 4.79 Å². The largest absolute Gasteiger partial charge is 0.410 e. The second-order valence-electron chi connectivity index (χ2n) is 11.3. The first kappa shape index (κ1) is 30.3. The van der Waals surface area contributed by atoms with Crippen molar-refractivity contribution in [2.75, 3.05) is 5.34 Å². The van der Waals surface area contributed by atoms with Gasteiger partial charge in [0.25, 0.3) is 0 Å². The Morgan fingerprint density at radius 2 is 1.23 bits per heavy atom. The van der Waals surface area contributed by atoms with Gasteiger partial charge in [0.15, 0.2) is 16.6 Å². The van der Waals surface area contributed by atoms with Gasteiger partial charge in [-0.2, -0.15) is 0 Å². The van der Waals surface area contributed by atoms with E-state index < -0.39 is 16.6 Å². The number of alkyl halides is 2. The highest BCUT2D eigenvalue weighted by Gasteiger charge is 2.46. The van der Waals surface area contributed by atoms with Crippen molar-refractivity contribution in [2.24, 2.45) is 0 Å². The number of unbranched alkanes of at least 4 members (excludes halogenated alkanes) is 1. The van der Waals surface area contributed by atoms with Crippen molar-refractivity contribution >= 4 is 45.6 Å². The average molecular weight is 498 g/mol. The molecule has 1 aliphatic carbocycles. The Hall–Kier alpha value is 0.344. The average Bonchev–Trinajstić information content (AvgIpc) is 2.52. The first-order chi connectivity index (χ1) is 13.4. The highest BCUT2D eigenvalue weighted by atomic mass is 35.5. The molecule has 0 unspecified atom stereocenters. The van der Waals surface area contributed by atoms with E-state index in [1.54, 1.807) is 0 Å². The number of allylic oxidation sites excluding steroid dienone is 1. The predicted molar refractivity (Wildman–Crippen MR) is 138 cm³/mol. The molecule has 0 amide bonds. The zero-order valence-corrected chi connectivity index (χ0v) is 24.8. The third-order valence-electron chi connectivity index (χ3n) is 6.72. The molecule has 0 radical (unpaired) electrons. The van der Waals surface area contributed by atoms with Crippen LogP contribution in [0.25, 0.3) is 0 Å². The molecule has 1 fully saturated rings. The summed E-state index contributed by atoms with van der Waals surface area (Å²) in [6.45, 7) is 24.8. The maximum absolute atomic E-state index is 12.6. The Kier molecular flexibility index (Phi) is 12.1. The molecule has 0 aliphatic heterocycles. The van der Waals surface area contributed by atoms with Crippen molar-refractivity contribution in [3.05, 3.63) is 11.6 Å². The van der Waals surface area contributed by atoms with Gasteiger partial charge in [0, 0.05) is 12.8 Å². The summed E-state index contributed by atoms with van der Waals surface area (Å²) in [5, 5.41) is 0.443. The van der Waals surface area contributed by atoms with Crippen molar-refractivity contribution in [2.45, 2.75) is 123 Å². The summed E-state index contributed by atoms with van der Waals surface area (Å²) in [6.07, 6.45) is 5.18. The first-order valence-corrected chi connectivity index (χ1v) is 18.0. The molecular weight excluding hydrogens is 451 g/mol. The lowest BCUT2D eigenvalue weighted by atomic mass is 9.88. The number of hydrogen-bond donors (Lipinski definition) is 0. The van der Waals surface area contributed by atoms with Crippen LogP contribution in [0.2, 0.25) is 36.3 Å². The summed E-state index contributed by atoms with van der Waals surface area (Å²) in [5.74, 6) is 0.274. The minimum Gasteiger partial charge on any atom is -0.410 e. The monoisotopic (exact) mass is 496 g/mol. The topological polar surface area (TPSA) is 35.5 Å². The molecule has 0 heterocycles. The highest BCUT2D eigenvalue weighted by molar-refractivity contribution is 6.74. The Balaban J connectivity index is 0.00000263. The summed E-state index contributed by atoms with van der Waals surface area (Å²) in [7, 11) is -3.93. The molecule has 2 atom stereocenters. The van der Waals surface area contributed by atoms with E-state index in [0.29, 0.717) is 12.8 Å². The molecule has 7 heteroatoms. The van der Waals surface area contributed by atoms with Crippen LogP contribution in [-0.4, -0.2) is 40.0 Å². The number of Topliss-reactive ketones (excluding diaryl/α,β-unsaturated/α-hetero) is 1. The molecule has 0 aromatic carbocycles. The number of hydrogen-bond acceptors (Lipinski definition) is 3. The lowest BCUT2D eigenvalue weighted by molar-refractivity contribution is -0.123. The van der Waals surface area contributed by atoms with Crippen LogP contribution in [-0.2, 0) is 13.6 Å². The van der Waals surface area contributed by atoms with Crippen LogP contribution in [0.3, 0.4) is 0 Å². The second-order valence-corrected chi connectivity index (χ2v) is 21.6. The molecule has 0 saturated heterocycles. The minimum absolute atomic E-state index is 0.117. The number of rotatable bonds is 6. The lowest BCUT2D eigenvalue weighted by Crippen LogP contribution is -2.51. The van der Waals surface area contributed by atoms with E-state index in [1.165, 1.54) is 5.57 Å². The number of halogens is 2. The SMILES string of the molecule is CCCC=C1[C@H](O[Si](C)(C)C(C)(C)C)CC(=O)C[C@H]1O[Si](C)(C)C(C)(C)C.ClCCl. The van der Waals surface area contributed by atoms with Gasteiger partial charge in [0.1, 0.15) is 5.78 Å². The van der Waals surface area contributed by atoms with Gasteiger partial charge in [0.2, 0.25) is 0 Å². The maximum Gasteiger partial charge on any atom is 0.192 e. The normalized spacial score (nSPS) is 21.2. The van der Waals surface area contributed by atoms with Gasteiger partial charge >= 0.3 is 0 Å². The molecule has 1 aliphatic rings. The van der Waals surface area contributed by atoms with Crippen LogP contribution in [0.5, 0.6) is 0 Å². The summed E-state index contributed by atoms with van der Waals surface area (Å²) >= 11 is 9.53. The highest BCUT2D eigenvalue weighted by Crippen LogP contribution is 2.43. The molecule has 178 valence electrons. The van der Waals surface area contributed by atoms with E-state index >= 15 is 0 Å². The maximum atomic E-state index is 12.6. The van der Waals surface area contributed by atoms with Gasteiger partial charge in [-0.05, 0) is 48.3 Å². The standard InChI is InChI=1S/C22H44O3Si2.CH2Cl2/c1-12-13-14-18-19(24-26(8,9)21(2,3)4)15-17(23)16-20(18)25-27(10,11)22(5,6)7;2-1-3/h14,19-20H,12-13,15-16H2,1-11H3;1H2/t19-,20-;/m1./s1. The van der Waals surface area contributed by atoms with Crippen molar-refractivity contribution in [3.63, 3.8) is 0 Å². The van der Waals surface area contributed by atoms with Gasteiger partial charge in [0.05, 0.1) is 17.5 Å². The molecule has 1 rings (SSSR count). The summed E-state index contributed by atoms with van der Waals surface area (Å²) < 4.78 is 13.5. The number of carbonyl (C=O) groups is 1. The van der Waals surface area contributed by atoms with Gasteiger partial charge < -0.3 is 8.85 Å². The molecule has 0 aromatic rings. The summed E-state index contributed by atoms with van der Waals surface area (Å²) in [5.41, 5.74) is 1.23. The molecule has 3 nitrogen and oxygen atoms in total. The van der Waals surface area contributed by atoms with Crippen LogP contribution in [0.4, 0.5) is 0 Å². The zero-order valence-electron chi connectivity index (χ0n) is 21.2. The fraction of sp³-hybridized carbons (Fsp3) is 0.870. The van der Waals surface area contributed by atoms with Crippen molar-refractivity contribution in [3.8, 4) is 0 Å². The lowest BCUT2D eigenvalue weighted by Gasteiger charge is -2.45. The Morgan fingerprint density at radius 3 is 1.50 bits per heavy atom. The van der Waals surface area contributed by atoms with E-state index in [-0.39, 0.29) is 33.4 Å². The van der Waals surface area contributed by atoms with E-state index in [9.17, 15) is 4.79 Å². The van der Waals surface area contributed by atoms with Crippen LogP contribution in [0.1, 0.15) is 74.1 Å². The fourth-order valence-electron chi connectivity index (χ4n) is 2.80. The smallest absolute Gasteiger partial charge is 0.192 e. The van der Waals surface area contributed by atoms with Gasteiger partial charge in [-0.25, -0.2) is 0 Å². The second kappa shape index (κ2) is 12.0. The zero-order chi connectivity index (χ0) is 24.0. The van der Waals surface area contributed by atoms with E-state index in [1.807, 2.05) is 0 Å². The van der Waals surface area contributed by atoms with Crippen LogP contribution >= 0.6 is 23.2 Å². The fourth-order valence-corrected chi connectivity index (χ4v) is 5.37. The molecular formula is C23H46Cl2O3Si2. The predicted octanol–water partition coefficient (Wildman–Crippen LogP) is 8.28. The molecule has 30 heavy (non-hydrogen) atoms. The Morgan fingerprint density at radius 1 is 0.900 bits per heavy atom.